The van der Waals surface area contributed by atoms with Gasteiger partial charge in [-0.2, -0.15) is 0 Å². The van der Waals surface area contributed by atoms with E-state index in [4.69, 9.17) is 0 Å². The first-order valence-corrected chi connectivity index (χ1v) is 9.76. The van der Waals surface area contributed by atoms with Crippen LogP contribution in [0.5, 0.6) is 0 Å². The lowest BCUT2D eigenvalue weighted by molar-refractivity contribution is 0.0650. The van der Waals surface area contributed by atoms with Crippen molar-refractivity contribution in [2.45, 2.75) is 0 Å². The average Bonchev–Trinajstić information content (AvgIpc) is 2.78. The molecule has 0 bridgehead atoms. The minimum atomic E-state index is -0.311. The Morgan fingerprint density at radius 2 is 1.86 bits per heavy atom. The van der Waals surface area contributed by atoms with Gasteiger partial charge in [0.15, 0.2) is 0 Å². The molecule has 0 spiro atoms. The Kier molecular flexibility index (Phi) is 7.30. The van der Waals surface area contributed by atoms with Gasteiger partial charge >= 0.3 is 0 Å². The van der Waals surface area contributed by atoms with Crippen LogP contribution in [0.25, 0.3) is 6.08 Å². The summed E-state index contributed by atoms with van der Waals surface area (Å²) in [6, 6.07) is 13.4. The zero-order valence-corrected chi connectivity index (χ0v) is 16.5. The molecule has 0 unspecified atom stereocenters. The van der Waals surface area contributed by atoms with E-state index in [1.54, 1.807) is 18.2 Å². The number of piperazine rings is 1. The van der Waals surface area contributed by atoms with Crippen molar-refractivity contribution in [3.8, 4) is 0 Å². The summed E-state index contributed by atoms with van der Waals surface area (Å²) in [7, 11) is 0. The van der Waals surface area contributed by atoms with Crippen molar-refractivity contribution in [1.29, 1.82) is 0 Å². The van der Waals surface area contributed by atoms with Gasteiger partial charge in [0, 0.05) is 51.0 Å². The molecule has 0 atom stereocenters. The van der Waals surface area contributed by atoms with E-state index in [-0.39, 0.29) is 17.5 Å². The SMILES string of the molecule is C=CCNC(=O)c1cc(C(=O)N2CCN(C/C=C/c3ccccc3)CC2)ccn1. The molecule has 3 rings (SSSR count). The van der Waals surface area contributed by atoms with Crippen molar-refractivity contribution < 1.29 is 9.59 Å². The number of benzene rings is 1. The molecule has 0 saturated carbocycles. The molecule has 1 aliphatic rings. The third-order valence-electron chi connectivity index (χ3n) is 4.78. The number of aromatic nitrogens is 1. The van der Waals surface area contributed by atoms with Crippen molar-refractivity contribution in [2.24, 2.45) is 0 Å². The highest BCUT2D eigenvalue weighted by Gasteiger charge is 2.22. The lowest BCUT2D eigenvalue weighted by atomic mass is 10.1. The fourth-order valence-electron chi connectivity index (χ4n) is 3.16. The predicted molar refractivity (Wildman–Crippen MR) is 115 cm³/mol. The number of hydrogen-bond acceptors (Lipinski definition) is 4. The molecular weight excluding hydrogens is 364 g/mol. The summed E-state index contributed by atoms with van der Waals surface area (Å²) in [4.78, 5) is 33.1. The van der Waals surface area contributed by atoms with E-state index in [2.05, 4.69) is 46.1 Å². The number of rotatable bonds is 7. The molecule has 0 radical (unpaired) electrons. The van der Waals surface area contributed by atoms with Gasteiger partial charge in [0.2, 0.25) is 0 Å². The molecule has 0 aliphatic carbocycles. The molecule has 1 fully saturated rings. The van der Waals surface area contributed by atoms with Gasteiger partial charge in [-0.15, -0.1) is 6.58 Å². The predicted octanol–water partition coefficient (Wildman–Crippen LogP) is 2.47. The zero-order chi connectivity index (χ0) is 20.5. The minimum absolute atomic E-state index is 0.0651. The number of hydrogen-bond donors (Lipinski definition) is 1. The van der Waals surface area contributed by atoms with Gasteiger partial charge in [-0.3, -0.25) is 19.5 Å². The fraction of sp³-hybridized carbons (Fsp3) is 0.261. The molecule has 1 saturated heterocycles. The fourth-order valence-corrected chi connectivity index (χ4v) is 3.16. The summed E-state index contributed by atoms with van der Waals surface area (Å²) in [5.41, 5.74) is 1.91. The van der Waals surface area contributed by atoms with E-state index in [9.17, 15) is 9.59 Å². The van der Waals surface area contributed by atoms with Crippen molar-refractivity contribution in [3.63, 3.8) is 0 Å². The summed E-state index contributed by atoms with van der Waals surface area (Å²) < 4.78 is 0. The third kappa shape index (κ3) is 5.86. The van der Waals surface area contributed by atoms with Gasteiger partial charge < -0.3 is 10.2 Å². The van der Waals surface area contributed by atoms with Crippen LogP contribution in [0.2, 0.25) is 0 Å². The molecule has 29 heavy (non-hydrogen) atoms. The van der Waals surface area contributed by atoms with E-state index in [1.807, 2.05) is 23.1 Å². The van der Waals surface area contributed by atoms with E-state index >= 15 is 0 Å². The maximum Gasteiger partial charge on any atom is 0.270 e. The number of nitrogens with one attached hydrogen (secondary N) is 1. The molecule has 1 aromatic carbocycles. The Morgan fingerprint density at radius 1 is 1.10 bits per heavy atom. The molecule has 2 amide bonds. The Morgan fingerprint density at radius 3 is 2.59 bits per heavy atom. The topological polar surface area (TPSA) is 65.5 Å². The first-order chi connectivity index (χ1) is 14.2. The second-order valence-corrected chi connectivity index (χ2v) is 6.83. The lowest BCUT2D eigenvalue weighted by Gasteiger charge is -2.34. The van der Waals surface area contributed by atoms with Crippen LogP contribution in [0.15, 0.2) is 67.4 Å². The molecular formula is C23H26N4O2. The molecule has 1 N–H and O–H groups in total. The number of nitrogens with zero attached hydrogens (tertiary/aromatic N) is 3. The molecule has 2 heterocycles. The smallest absolute Gasteiger partial charge is 0.270 e. The van der Waals surface area contributed by atoms with Gasteiger partial charge in [0.25, 0.3) is 11.8 Å². The van der Waals surface area contributed by atoms with E-state index in [0.717, 1.165) is 19.6 Å². The van der Waals surface area contributed by atoms with Gasteiger partial charge in [-0.1, -0.05) is 48.6 Å². The highest BCUT2D eigenvalue weighted by atomic mass is 16.2. The molecule has 6 heteroatoms. The summed E-state index contributed by atoms with van der Waals surface area (Å²) >= 11 is 0. The normalized spacial score (nSPS) is 14.7. The number of pyridine rings is 1. The summed E-state index contributed by atoms with van der Waals surface area (Å²) in [5, 5.41) is 2.67. The van der Waals surface area contributed by atoms with E-state index in [1.165, 1.54) is 11.8 Å². The molecule has 2 aromatic rings. The van der Waals surface area contributed by atoms with E-state index in [0.29, 0.717) is 25.2 Å². The van der Waals surface area contributed by atoms with Crippen LogP contribution in [-0.2, 0) is 0 Å². The Bertz CT molecular complexity index is 871. The second-order valence-electron chi connectivity index (χ2n) is 6.83. The van der Waals surface area contributed by atoms with Crippen LogP contribution in [0.1, 0.15) is 26.4 Å². The lowest BCUT2D eigenvalue weighted by Crippen LogP contribution is -2.48. The number of amides is 2. The van der Waals surface area contributed by atoms with Crippen LogP contribution >= 0.6 is 0 Å². The van der Waals surface area contributed by atoms with Crippen LogP contribution in [0.3, 0.4) is 0 Å². The van der Waals surface area contributed by atoms with Crippen LogP contribution in [0, 0.1) is 0 Å². The Balaban J connectivity index is 1.51. The van der Waals surface area contributed by atoms with Crippen molar-refractivity contribution >= 4 is 17.9 Å². The van der Waals surface area contributed by atoms with Gasteiger partial charge in [0.05, 0.1) is 0 Å². The standard InChI is InChI=1S/C23H26N4O2/c1-2-11-25-22(28)21-18-20(10-12-24-21)23(29)27-16-14-26(15-17-27)13-6-9-19-7-4-3-5-8-19/h2-10,12,18H,1,11,13-17H2,(H,25,28)/b9-6+. The molecule has 150 valence electrons. The highest BCUT2D eigenvalue weighted by Crippen LogP contribution is 2.10. The van der Waals surface area contributed by atoms with Crippen molar-refractivity contribution in [1.82, 2.24) is 20.1 Å². The van der Waals surface area contributed by atoms with Crippen LogP contribution in [-0.4, -0.2) is 65.9 Å². The first-order valence-electron chi connectivity index (χ1n) is 9.76. The maximum atomic E-state index is 12.8. The van der Waals surface area contributed by atoms with Crippen LogP contribution in [0.4, 0.5) is 0 Å². The summed E-state index contributed by atoms with van der Waals surface area (Å²) in [6.07, 6.45) is 7.37. The monoisotopic (exact) mass is 390 g/mol. The van der Waals surface area contributed by atoms with Crippen molar-refractivity contribution in [3.05, 3.63) is 84.2 Å². The summed E-state index contributed by atoms with van der Waals surface area (Å²) in [6.45, 7) is 7.76. The minimum Gasteiger partial charge on any atom is -0.347 e. The van der Waals surface area contributed by atoms with Crippen molar-refractivity contribution in [2.75, 3.05) is 39.3 Å². The Hall–Kier alpha value is -3.25. The van der Waals surface area contributed by atoms with Gasteiger partial charge in [-0.05, 0) is 17.7 Å². The largest absolute Gasteiger partial charge is 0.347 e. The zero-order valence-electron chi connectivity index (χ0n) is 16.5. The quantitative estimate of drug-likeness (QED) is 0.738. The van der Waals surface area contributed by atoms with Gasteiger partial charge in [-0.25, -0.2) is 0 Å². The first kappa shape index (κ1) is 20.5. The molecule has 1 aliphatic heterocycles. The molecule has 6 nitrogen and oxygen atoms in total. The highest BCUT2D eigenvalue weighted by molar-refractivity contribution is 5.98. The number of carbonyl (C=O) groups is 2. The molecule has 1 aromatic heterocycles. The van der Waals surface area contributed by atoms with Gasteiger partial charge in [0.1, 0.15) is 5.69 Å². The second kappa shape index (κ2) is 10.3. The number of carbonyl (C=O) groups excluding carboxylic acids is 2. The Labute approximate surface area is 171 Å². The third-order valence-corrected chi connectivity index (χ3v) is 4.78. The summed E-state index contributed by atoms with van der Waals surface area (Å²) in [5.74, 6) is -0.376. The van der Waals surface area contributed by atoms with E-state index < -0.39 is 0 Å². The maximum absolute atomic E-state index is 12.8. The van der Waals surface area contributed by atoms with Crippen LogP contribution < -0.4 is 5.32 Å². The average molecular weight is 390 g/mol.